The van der Waals surface area contributed by atoms with Gasteiger partial charge in [-0.05, 0) is 49.8 Å². The van der Waals surface area contributed by atoms with Crippen LogP contribution in [0.1, 0.15) is 30.4 Å². The van der Waals surface area contributed by atoms with Gasteiger partial charge in [-0.3, -0.25) is 9.59 Å². The maximum Gasteiger partial charge on any atom is 0.262 e. The predicted octanol–water partition coefficient (Wildman–Crippen LogP) is 2.48. The third kappa shape index (κ3) is 5.36. The average Bonchev–Trinajstić information content (AvgIpc) is 2.82. The maximum atomic E-state index is 13.3. The van der Waals surface area contributed by atoms with Crippen LogP contribution >= 0.6 is 0 Å². The average molecular weight is 472 g/mol. The Hall–Kier alpha value is -2.91. The number of benzene rings is 2. The molecule has 1 fully saturated rings. The van der Waals surface area contributed by atoms with Crippen molar-refractivity contribution in [1.29, 1.82) is 0 Å². The quantitative estimate of drug-likeness (QED) is 0.604. The molecule has 0 radical (unpaired) electrons. The van der Waals surface area contributed by atoms with Crippen LogP contribution in [0.3, 0.4) is 0 Å². The standard InChI is InChI=1S/C24H29N3O5S/c1-17-14-20-21(32-16-23(28)26-20)15-22(17)33(30,31)27-12-9-19(10-13-27)24(29)25-11-5-8-18-6-3-2-4-7-18/h2-4,6-7,14-15,19H,5,8-13,16H2,1H3,(H,25,29)(H,26,28). The van der Waals surface area contributed by atoms with E-state index >= 15 is 0 Å². The highest BCUT2D eigenvalue weighted by Crippen LogP contribution is 2.35. The summed E-state index contributed by atoms with van der Waals surface area (Å²) >= 11 is 0. The van der Waals surface area contributed by atoms with E-state index in [0.29, 0.717) is 49.5 Å². The molecular formula is C24H29N3O5S. The molecular weight excluding hydrogens is 442 g/mol. The lowest BCUT2D eigenvalue weighted by Crippen LogP contribution is -2.43. The molecule has 2 N–H and O–H groups in total. The van der Waals surface area contributed by atoms with E-state index < -0.39 is 10.0 Å². The Labute approximate surface area is 194 Å². The Morgan fingerprint density at radius 2 is 1.91 bits per heavy atom. The lowest BCUT2D eigenvalue weighted by molar-refractivity contribution is -0.126. The molecule has 9 heteroatoms. The molecule has 2 amide bonds. The second-order valence-electron chi connectivity index (χ2n) is 8.51. The lowest BCUT2D eigenvalue weighted by Gasteiger charge is -2.31. The van der Waals surface area contributed by atoms with Crippen LogP contribution in [0, 0.1) is 12.8 Å². The third-order valence-corrected chi connectivity index (χ3v) is 8.18. The van der Waals surface area contributed by atoms with Gasteiger partial charge < -0.3 is 15.4 Å². The molecule has 2 aromatic rings. The smallest absolute Gasteiger partial charge is 0.262 e. The zero-order chi connectivity index (χ0) is 23.4. The third-order valence-electron chi connectivity index (χ3n) is 6.14. The number of carbonyl (C=O) groups is 2. The molecule has 0 unspecified atom stereocenters. The number of amides is 2. The van der Waals surface area contributed by atoms with E-state index in [1.807, 2.05) is 18.2 Å². The topological polar surface area (TPSA) is 105 Å². The summed E-state index contributed by atoms with van der Waals surface area (Å²) in [6.07, 6.45) is 2.75. The van der Waals surface area contributed by atoms with E-state index in [-0.39, 0.29) is 29.2 Å². The molecule has 4 rings (SSSR count). The summed E-state index contributed by atoms with van der Waals surface area (Å²) in [4.78, 5) is 24.2. The van der Waals surface area contributed by atoms with Gasteiger partial charge in [0.1, 0.15) is 5.75 Å². The minimum atomic E-state index is -3.73. The molecule has 2 aromatic carbocycles. The van der Waals surface area contributed by atoms with E-state index in [1.54, 1.807) is 13.0 Å². The largest absolute Gasteiger partial charge is 0.482 e. The molecule has 0 aliphatic carbocycles. The van der Waals surface area contributed by atoms with Crippen molar-refractivity contribution in [2.24, 2.45) is 5.92 Å². The van der Waals surface area contributed by atoms with Crippen LogP contribution in [-0.2, 0) is 26.0 Å². The van der Waals surface area contributed by atoms with Crippen molar-refractivity contribution in [3.63, 3.8) is 0 Å². The second kappa shape index (κ2) is 9.93. The summed E-state index contributed by atoms with van der Waals surface area (Å²) in [5.74, 6) is -0.105. The fourth-order valence-electron chi connectivity index (χ4n) is 4.28. The van der Waals surface area contributed by atoms with Crippen LogP contribution in [0.5, 0.6) is 5.75 Å². The highest BCUT2D eigenvalue weighted by molar-refractivity contribution is 7.89. The number of nitrogens with one attached hydrogen (secondary N) is 2. The van der Waals surface area contributed by atoms with E-state index in [1.165, 1.54) is 15.9 Å². The number of anilines is 1. The number of fused-ring (bicyclic) bond motifs is 1. The molecule has 1 saturated heterocycles. The normalized spacial score (nSPS) is 17.1. The van der Waals surface area contributed by atoms with Gasteiger partial charge >= 0.3 is 0 Å². The molecule has 2 aliphatic heterocycles. The van der Waals surface area contributed by atoms with Crippen molar-refractivity contribution >= 4 is 27.5 Å². The van der Waals surface area contributed by atoms with Gasteiger partial charge in [-0.2, -0.15) is 4.31 Å². The molecule has 0 bridgehead atoms. The van der Waals surface area contributed by atoms with Gasteiger partial charge in [-0.15, -0.1) is 0 Å². The Balaban J connectivity index is 1.31. The van der Waals surface area contributed by atoms with E-state index in [9.17, 15) is 18.0 Å². The minimum Gasteiger partial charge on any atom is -0.482 e. The van der Waals surface area contributed by atoms with Gasteiger partial charge in [0, 0.05) is 31.6 Å². The fraction of sp³-hybridized carbons (Fsp3) is 0.417. The molecule has 0 saturated carbocycles. The van der Waals surface area contributed by atoms with Crippen molar-refractivity contribution in [3.8, 4) is 5.75 Å². The number of carbonyl (C=O) groups excluding carboxylic acids is 2. The van der Waals surface area contributed by atoms with Crippen molar-refractivity contribution < 1.29 is 22.7 Å². The van der Waals surface area contributed by atoms with Crippen molar-refractivity contribution in [2.45, 2.75) is 37.5 Å². The van der Waals surface area contributed by atoms with Gasteiger partial charge in [0.2, 0.25) is 15.9 Å². The zero-order valence-corrected chi connectivity index (χ0v) is 19.5. The molecule has 2 aliphatic rings. The number of aryl methyl sites for hydroxylation is 2. The number of nitrogens with zero attached hydrogens (tertiary/aromatic N) is 1. The molecule has 8 nitrogen and oxygen atoms in total. The fourth-order valence-corrected chi connectivity index (χ4v) is 5.98. The summed E-state index contributed by atoms with van der Waals surface area (Å²) in [6, 6.07) is 13.2. The predicted molar refractivity (Wildman–Crippen MR) is 125 cm³/mol. The van der Waals surface area contributed by atoms with E-state index in [4.69, 9.17) is 4.74 Å². The number of ether oxygens (including phenoxy) is 1. The molecule has 176 valence electrons. The van der Waals surface area contributed by atoms with Gasteiger partial charge in [0.05, 0.1) is 10.6 Å². The number of piperidine rings is 1. The minimum absolute atomic E-state index is 0.00536. The number of sulfonamides is 1. The molecule has 2 heterocycles. The first-order valence-electron chi connectivity index (χ1n) is 11.2. The molecule has 33 heavy (non-hydrogen) atoms. The van der Waals surface area contributed by atoms with Crippen LogP contribution in [0.15, 0.2) is 47.4 Å². The van der Waals surface area contributed by atoms with Crippen molar-refractivity contribution in [2.75, 3.05) is 31.6 Å². The summed E-state index contributed by atoms with van der Waals surface area (Å²) in [6.45, 7) is 2.75. The first-order chi connectivity index (χ1) is 15.8. The van der Waals surface area contributed by atoms with Crippen LogP contribution in [-0.4, -0.2) is 50.8 Å². The summed E-state index contributed by atoms with van der Waals surface area (Å²) in [5, 5.41) is 5.69. The number of rotatable bonds is 7. The van der Waals surface area contributed by atoms with Crippen molar-refractivity contribution in [1.82, 2.24) is 9.62 Å². The van der Waals surface area contributed by atoms with E-state index in [0.717, 1.165) is 12.8 Å². The number of hydrogen-bond acceptors (Lipinski definition) is 5. The van der Waals surface area contributed by atoms with E-state index in [2.05, 4.69) is 22.8 Å². The van der Waals surface area contributed by atoms with Gasteiger partial charge in [0.25, 0.3) is 5.91 Å². The summed E-state index contributed by atoms with van der Waals surface area (Å²) in [7, 11) is -3.73. The summed E-state index contributed by atoms with van der Waals surface area (Å²) in [5.41, 5.74) is 2.26. The molecule has 0 spiro atoms. The van der Waals surface area contributed by atoms with Crippen LogP contribution in [0.4, 0.5) is 5.69 Å². The highest BCUT2D eigenvalue weighted by atomic mass is 32.2. The molecule has 0 aromatic heterocycles. The van der Waals surface area contributed by atoms with Crippen LogP contribution in [0.2, 0.25) is 0 Å². The van der Waals surface area contributed by atoms with Crippen LogP contribution in [0.25, 0.3) is 0 Å². The Bertz CT molecular complexity index is 1130. The lowest BCUT2D eigenvalue weighted by atomic mass is 9.97. The van der Waals surface area contributed by atoms with Gasteiger partial charge in [0.15, 0.2) is 6.61 Å². The molecule has 0 atom stereocenters. The first-order valence-corrected chi connectivity index (χ1v) is 12.7. The Kier molecular flexibility index (Phi) is 6.99. The van der Waals surface area contributed by atoms with Gasteiger partial charge in [-0.1, -0.05) is 30.3 Å². The van der Waals surface area contributed by atoms with Crippen LogP contribution < -0.4 is 15.4 Å². The van der Waals surface area contributed by atoms with Crippen molar-refractivity contribution in [3.05, 3.63) is 53.6 Å². The highest BCUT2D eigenvalue weighted by Gasteiger charge is 2.33. The first kappa shape index (κ1) is 23.3. The maximum absolute atomic E-state index is 13.3. The second-order valence-corrected chi connectivity index (χ2v) is 10.4. The summed E-state index contributed by atoms with van der Waals surface area (Å²) < 4.78 is 33.3. The SMILES string of the molecule is Cc1cc2c(cc1S(=O)(=O)N1CCC(C(=O)NCCCc3ccccc3)CC1)OCC(=O)N2. The van der Waals surface area contributed by atoms with Gasteiger partial charge in [-0.25, -0.2) is 8.42 Å². The Morgan fingerprint density at radius 3 is 2.64 bits per heavy atom. The monoisotopic (exact) mass is 471 g/mol. The number of hydrogen-bond donors (Lipinski definition) is 2. The Morgan fingerprint density at radius 1 is 1.18 bits per heavy atom. The zero-order valence-electron chi connectivity index (χ0n) is 18.7.